The molecule has 0 fully saturated rings. The van der Waals surface area contributed by atoms with Gasteiger partial charge in [-0.05, 0) is 17.9 Å². The second kappa shape index (κ2) is 4.12. The fraction of sp³-hybridized carbons (Fsp3) is 0.917. The van der Waals surface area contributed by atoms with Gasteiger partial charge in [0.15, 0.2) is 0 Å². The lowest BCUT2D eigenvalue weighted by Gasteiger charge is -2.39. The molecule has 0 aromatic carbocycles. The van der Waals surface area contributed by atoms with Crippen LogP contribution in [0.1, 0.15) is 34.6 Å². The minimum atomic E-state index is 0.212. The first kappa shape index (κ1) is 12.5. The molecule has 2 unspecified atom stereocenters. The molecule has 0 bridgehead atoms. The molecule has 1 aliphatic rings. The summed E-state index contributed by atoms with van der Waals surface area (Å²) in [5.74, 6) is 0. The molecule has 1 aliphatic heterocycles. The third kappa shape index (κ3) is 2.71. The van der Waals surface area contributed by atoms with Crippen molar-refractivity contribution in [1.82, 2.24) is 10.6 Å². The third-order valence-corrected chi connectivity index (χ3v) is 3.17. The number of nitrogens with one attached hydrogen (secondary N) is 2. The highest BCUT2D eigenvalue weighted by Gasteiger charge is 2.42. The number of aliphatic imine (C=N–C) groups is 1. The number of rotatable bonds is 3. The first-order valence-corrected chi connectivity index (χ1v) is 5.71. The van der Waals surface area contributed by atoms with Crippen LogP contribution in [0.2, 0.25) is 0 Å². The molecule has 2 atom stereocenters. The first-order chi connectivity index (χ1) is 6.79. The van der Waals surface area contributed by atoms with Crippen LogP contribution in [-0.2, 0) is 0 Å². The van der Waals surface area contributed by atoms with Gasteiger partial charge in [-0.15, -0.1) is 0 Å². The molecule has 15 heavy (non-hydrogen) atoms. The molecule has 0 aromatic heterocycles. The first-order valence-electron chi connectivity index (χ1n) is 5.71. The second-order valence-corrected chi connectivity index (χ2v) is 6.25. The Bertz CT molecular complexity index is 238. The van der Waals surface area contributed by atoms with Gasteiger partial charge in [-0.1, -0.05) is 34.6 Å². The molecule has 0 radical (unpaired) electrons. The molecule has 0 saturated heterocycles. The van der Waals surface area contributed by atoms with Gasteiger partial charge in [-0.25, -0.2) is 0 Å². The Morgan fingerprint density at radius 1 is 1.27 bits per heavy atom. The summed E-state index contributed by atoms with van der Waals surface area (Å²) in [6.07, 6.45) is 1.87. The van der Waals surface area contributed by atoms with Crippen molar-refractivity contribution in [3.8, 4) is 0 Å². The van der Waals surface area contributed by atoms with Gasteiger partial charge in [0.05, 0.1) is 18.4 Å². The van der Waals surface area contributed by atoms with Gasteiger partial charge in [0.1, 0.15) is 0 Å². The Balaban J connectivity index is 2.79. The van der Waals surface area contributed by atoms with E-state index in [1.165, 1.54) is 0 Å². The average Bonchev–Trinajstić information content (AvgIpc) is 2.49. The highest BCUT2D eigenvalue weighted by molar-refractivity contribution is 5.59. The molecule has 88 valence electrons. The van der Waals surface area contributed by atoms with E-state index >= 15 is 0 Å². The van der Waals surface area contributed by atoms with Crippen LogP contribution < -0.4 is 10.6 Å². The van der Waals surface area contributed by atoms with Gasteiger partial charge in [-0.2, -0.15) is 0 Å². The summed E-state index contributed by atoms with van der Waals surface area (Å²) in [4.78, 5) is 4.57. The van der Waals surface area contributed by atoms with E-state index in [4.69, 9.17) is 0 Å². The maximum Gasteiger partial charge on any atom is 0.0831 e. The van der Waals surface area contributed by atoms with E-state index in [0.717, 1.165) is 6.54 Å². The fourth-order valence-electron chi connectivity index (χ4n) is 2.32. The standard InChI is InChI=1S/C12H25N3/c1-11(2,3)9-10(15-8-14-9)12(4,5)7-13-6/h8-10,13H,7H2,1-6H3,(H,14,15). The molecule has 2 N–H and O–H groups in total. The molecule has 1 heterocycles. The summed E-state index contributed by atoms with van der Waals surface area (Å²) >= 11 is 0. The normalized spacial score (nSPS) is 26.8. The van der Waals surface area contributed by atoms with E-state index in [2.05, 4.69) is 50.2 Å². The van der Waals surface area contributed by atoms with E-state index in [-0.39, 0.29) is 10.8 Å². The van der Waals surface area contributed by atoms with Crippen LogP contribution in [0.3, 0.4) is 0 Å². The topological polar surface area (TPSA) is 36.4 Å². The molecule has 3 heteroatoms. The maximum absolute atomic E-state index is 4.57. The van der Waals surface area contributed by atoms with E-state index in [1.54, 1.807) is 0 Å². The maximum atomic E-state index is 4.57. The lowest BCUT2D eigenvalue weighted by molar-refractivity contribution is 0.175. The Kier molecular flexibility index (Phi) is 3.44. The molecule has 0 saturated carbocycles. The molecular weight excluding hydrogens is 186 g/mol. The van der Waals surface area contributed by atoms with Gasteiger partial charge in [0.25, 0.3) is 0 Å². The fourth-order valence-corrected chi connectivity index (χ4v) is 2.32. The van der Waals surface area contributed by atoms with E-state index in [0.29, 0.717) is 12.1 Å². The lowest BCUT2D eigenvalue weighted by Crippen LogP contribution is -2.52. The van der Waals surface area contributed by atoms with Crippen LogP contribution in [-0.4, -0.2) is 32.0 Å². The monoisotopic (exact) mass is 211 g/mol. The number of hydrogen-bond acceptors (Lipinski definition) is 3. The predicted octanol–water partition coefficient (Wildman–Crippen LogP) is 1.65. The Labute approximate surface area is 93.7 Å². The zero-order valence-corrected chi connectivity index (χ0v) is 10.9. The minimum Gasteiger partial charge on any atom is -0.371 e. The summed E-state index contributed by atoms with van der Waals surface area (Å²) in [5, 5.41) is 6.67. The van der Waals surface area contributed by atoms with E-state index < -0.39 is 0 Å². The van der Waals surface area contributed by atoms with Gasteiger partial charge in [0.2, 0.25) is 0 Å². The quantitative estimate of drug-likeness (QED) is 0.744. The van der Waals surface area contributed by atoms with Crippen molar-refractivity contribution in [2.45, 2.75) is 46.7 Å². The average molecular weight is 211 g/mol. The van der Waals surface area contributed by atoms with Gasteiger partial charge >= 0.3 is 0 Å². The third-order valence-electron chi connectivity index (χ3n) is 3.17. The van der Waals surface area contributed by atoms with E-state index in [9.17, 15) is 0 Å². The summed E-state index contributed by atoms with van der Waals surface area (Å²) in [6, 6.07) is 0.783. The van der Waals surface area contributed by atoms with Crippen molar-refractivity contribution in [1.29, 1.82) is 0 Å². The van der Waals surface area contributed by atoms with Crippen molar-refractivity contribution in [3.05, 3.63) is 0 Å². The number of nitrogens with zero attached hydrogens (tertiary/aromatic N) is 1. The number of hydrogen-bond donors (Lipinski definition) is 2. The molecule has 0 amide bonds. The minimum absolute atomic E-state index is 0.212. The molecule has 3 nitrogen and oxygen atoms in total. The Hall–Kier alpha value is -0.570. The van der Waals surface area contributed by atoms with Crippen LogP contribution >= 0.6 is 0 Å². The predicted molar refractivity (Wildman–Crippen MR) is 66.4 cm³/mol. The largest absolute Gasteiger partial charge is 0.371 e. The second-order valence-electron chi connectivity index (χ2n) is 6.25. The lowest BCUT2D eigenvalue weighted by atomic mass is 9.72. The van der Waals surface area contributed by atoms with Crippen LogP contribution in [0.15, 0.2) is 4.99 Å². The van der Waals surface area contributed by atoms with E-state index in [1.807, 2.05) is 13.4 Å². The summed E-state index contributed by atoms with van der Waals surface area (Å²) < 4.78 is 0. The summed E-state index contributed by atoms with van der Waals surface area (Å²) in [6.45, 7) is 12.3. The van der Waals surface area contributed by atoms with Crippen molar-refractivity contribution in [2.24, 2.45) is 15.8 Å². The van der Waals surface area contributed by atoms with Crippen LogP contribution in [0.4, 0.5) is 0 Å². The van der Waals surface area contributed by atoms with Gasteiger partial charge in [-0.3, -0.25) is 4.99 Å². The highest BCUT2D eigenvalue weighted by atomic mass is 15.1. The molecule has 0 aliphatic carbocycles. The Morgan fingerprint density at radius 2 is 1.87 bits per heavy atom. The van der Waals surface area contributed by atoms with Gasteiger partial charge in [0, 0.05) is 6.54 Å². The van der Waals surface area contributed by atoms with Crippen molar-refractivity contribution in [3.63, 3.8) is 0 Å². The molecule has 0 spiro atoms. The zero-order valence-electron chi connectivity index (χ0n) is 10.9. The molecule has 0 aromatic rings. The van der Waals surface area contributed by atoms with Crippen molar-refractivity contribution >= 4 is 6.34 Å². The SMILES string of the molecule is CNCC(C)(C)C1NC=NC1C(C)(C)C. The highest BCUT2D eigenvalue weighted by Crippen LogP contribution is 2.34. The molecular formula is C12H25N3. The van der Waals surface area contributed by atoms with Crippen LogP contribution in [0.25, 0.3) is 0 Å². The summed E-state index contributed by atoms with van der Waals surface area (Å²) in [5.41, 5.74) is 0.429. The van der Waals surface area contributed by atoms with Gasteiger partial charge < -0.3 is 10.6 Å². The van der Waals surface area contributed by atoms with Crippen molar-refractivity contribution < 1.29 is 0 Å². The molecule has 1 rings (SSSR count). The van der Waals surface area contributed by atoms with Crippen molar-refractivity contribution in [2.75, 3.05) is 13.6 Å². The Morgan fingerprint density at radius 3 is 2.33 bits per heavy atom. The van der Waals surface area contributed by atoms with Crippen LogP contribution in [0.5, 0.6) is 0 Å². The van der Waals surface area contributed by atoms with Crippen LogP contribution in [0, 0.1) is 10.8 Å². The zero-order chi connectivity index (χ0) is 11.7. The summed E-state index contributed by atoms with van der Waals surface area (Å²) in [7, 11) is 2.00. The smallest absolute Gasteiger partial charge is 0.0831 e.